The Bertz CT molecular complexity index is 931. The highest BCUT2D eigenvalue weighted by molar-refractivity contribution is 6.36. The molecule has 3 nitrogen and oxygen atoms in total. The van der Waals surface area contributed by atoms with Gasteiger partial charge in [0.15, 0.2) is 11.5 Å². The number of nitrogens with one attached hydrogen (secondary N) is 1. The molecule has 6 heteroatoms. The minimum Gasteiger partial charge on any atom is -0.493 e. The number of hydrogen-bond acceptors (Lipinski definition) is 3. The summed E-state index contributed by atoms with van der Waals surface area (Å²) in [6.45, 7) is 1.00. The molecule has 0 amide bonds. The molecule has 0 aliphatic carbocycles. The summed E-state index contributed by atoms with van der Waals surface area (Å²) in [6.07, 6.45) is 0. The number of benzene rings is 3. The number of ether oxygens (including phenoxy) is 2. The van der Waals surface area contributed by atoms with Crippen molar-refractivity contribution >= 4 is 40.5 Å². The summed E-state index contributed by atoms with van der Waals surface area (Å²) in [4.78, 5) is 0. The molecule has 0 aromatic heterocycles. The molecule has 0 aliphatic heterocycles. The van der Waals surface area contributed by atoms with E-state index in [0.29, 0.717) is 39.7 Å². The van der Waals surface area contributed by atoms with Crippen LogP contribution in [-0.4, -0.2) is 7.11 Å². The van der Waals surface area contributed by atoms with Crippen LogP contribution in [0, 0.1) is 0 Å². The van der Waals surface area contributed by atoms with Crippen molar-refractivity contribution in [3.05, 3.63) is 86.9 Å². The van der Waals surface area contributed by atoms with Crippen LogP contribution >= 0.6 is 34.8 Å². The third kappa shape index (κ3) is 5.46. The molecule has 140 valence electrons. The van der Waals surface area contributed by atoms with Gasteiger partial charge in [-0.15, -0.1) is 0 Å². The minimum absolute atomic E-state index is 0.412. The van der Waals surface area contributed by atoms with E-state index < -0.39 is 0 Å². The first-order chi connectivity index (χ1) is 13.0. The molecular formula is C21H18Cl3NO2. The zero-order valence-corrected chi connectivity index (χ0v) is 16.9. The van der Waals surface area contributed by atoms with Crippen molar-refractivity contribution in [2.24, 2.45) is 0 Å². The number of methoxy groups -OCH3 is 1. The molecule has 0 aliphatic rings. The molecule has 0 heterocycles. The van der Waals surface area contributed by atoms with Gasteiger partial charge in [-0.1, -0.05) is 53.0 Å². The molecule has 0 radical (unpaired) electrons. The lowest BCUT2D eigenvalue weighted by Crippen LogP contribution is -2.02. The molecule has 0 bridgehead atoms. The van der Waals surface area contributed by atoms with E-state index in [1.165, 1.54) is 0 Å². The van der Waals surface area contributed by atoms with Crippen LogP contribution in [0.25, 0.3) is 0 Å². The van der Waals surface area contributed by atoms with Gasteiger partial charge in [-0.2, -0.15) is 0 Å². The smallest absolute Gasteiger partial charge is 0.161 e. The largest absolute Gasteiger partial charge is 0.493 e. The Morgan fingerprint density at radius 3 is 2.37 bits per heavy atom. The lowest BCUT2D eigenvalue weighted by Gasteiger charge is -2.14. The van der Waals surface area contributed by atoms with E-state index in [-0.39, 0.29) is 0 Å². The third-order valence-corrected chi connectivity index (χ3v) is 4.71. The predicted octanol–water partition coefficient (Wildman–Crippen LogP) is 6.85. The molecule has 3 aromatic carbocycles. The van der Waals surface area contributed by atoms with E-state index in [1.807, 2.05) is 48.5 Å². The SMILES string of the molecule is COc1cc(CNc2ccc(Cl)cc2Cl)ccc1OCc1cccc(Cl)c1. The number of hydrogen-bond donors (Lipinski definition) is 1. The Kier molecular flexibility index (Phi) is 6.73. The Hall–Kier alpha value is -2.07. The van der Waals surface area contributed by atoms with E-state index in [0.717, 1.165) is 16.8 Å². The van der Waals surface area contributed by atoms with Crippen LogP contribution < -0.4 is 14.8 Å². The minimum atomic E-state index is 0.412. The van der Waals surface area contributed by atoms with E-state index in [1.54, 1.807) is 19.2 Å². The Morgan fingerprint density at radius 2 is 1.63 bits per heavy atom. The van der Waals surface area contributed by atoms with Crippen LogP contribution in [0.4, 0.5) is 5.69 Å². The Balaban J connectivity index is 1.66. The van der Waals surface area contributed by atoms with Crippen LogP contribution in [-0.2, 0) is 13.2 Å². The predicted molar refractivity (Wildman–Crippen MR) is 113 cm³/mol. The van der Waals surface area contributed by atoms with E-state index in [4.69, 9.17) is 44.3 Å². The van der Waals surface area contributed by atoms with Crippen molar-refractivity contribution < 1.29 is 9.47 Å². The summed E-state index contributed by atoms with van der Waals surface area (Å²) in [5.41, 5.74) is 2.85. The van der Waals surface area contributed by atoms with Crippen LogP contribution in [0.1, 0.15) is 11.1 Å². The maximum atomic E-state index is 6.19. The summed E-state index contributed by atoms with van der Waals surface area (Å²) in [6, 6.07) is 18.7. The van der Waals surface area contributed by atoms with Gasteiger partial charge in [0.2, 0.25) is 0 Å². The van der Waals surface area contributed by atoms with Crippen molar-refractivity contribution in [1.29, 1.82) is 0 Å². The summed E-state index contributed by atoms with van der Waals surface area (Å²) < 4.78 is 11.3. The topological polar surface area (TPSA) is 30.5 Å². The van der Waals surface area contributed by atoms with Gasteiger partial charge >= 0.3 is 0 Å². The fourth-order valence-electron chi connectivity index (χ4n) is 2.56. The molecule has 1 N–H and O–H groups in total. The van der Waals surface area contributed by atoms with Gasteiger partial charge in [-0.05, 0) is 53.6 Å². The summed E-state index contributed by atoms with van der Waals surface area (Å²) in [7, 11) is 1.62. The van der Waals surface area contributed by atoms with Gasteiger partial charge in [-0.25, -0.2) is 0 Å². The molecule has 0 unspecified atom stereocenters. The normalized spacial score (nSPS) is 10.5. The van der Waals surface area contributed by atoms with Gasteiger partial charge in [0, 0.05) is 16.6 Å². The average Bonchev–Trinajstić information content (AvgIpc) is 2.66. The highest BCUT2D eigenvalue weighted by Crippen LogP contribution is 2.30. The first-order valence-corrected chi connectivity index (χ1v) is 9.41. The third-order valence-electron chi connectivity index (χ3n) is 3.93. The highest BCUT2D eigenvalue weighted by atomic mass is 35.5. The summed E-state index contributed by atoms with van der Waals surface area (Å²) in [5.74, 6) is 1.34. The van der Waals surface area contributed by atoms with Crippen LogP contribution in [0.2, 0.25) is 15.1 Å². The van der Waals surface area contributed by atoms with Gasteiger partial charge in [0.1, 0.15) is 6.61 Å². The standard InChI is InChI=1S/C21H18Cl3NO2/c1-26-21-10-14(12-25-19-7-6-17(23)11-18(19)24)5-8-20(21)27-13-15-3-2-4-16(22)9-15/h2-11,25H,12-13H2,1H3. The summed E-state index contributed by atoms with van der Waals surface area (Å²) >= 11 is 18.1. The molecule has 0 atom stereocenters. The lowest BCUT2D eigenvalue weighted by molar-refractivity contribution is 0.284. The average molecular weight is 423 g/mol. The van der Waals surface area contributed by atoms with Crippen molar-refractivity contribution in [2.75, 3.05) is 12.4 Å². The van der Waals surface area contributed by atoms with Gasteiger partial charge in [0.05, 0.1) is 17.8 Å². The molecule has 0 saturated heterocycles. The lowest BCUT2D eigenvalue weighted by atomic mass is 10.2. The molecular weight excluding hydrogens is 405 g/mol. The van der Waals surface area contributed by atoms with Crippen molar-refractivity contribution in [3.8, 4) is 11.5 Å². The van der Waals surface area contributed by atoms with Crippen LogP contribution in [0.3, 0.4) is 0 Å². The number of halogens is 3. The van der Waals surface area contributed by atoms with Crippen molar-refractivity contribution in [2.45, 2.75) is 13.2 Å². The van der Waals surface area contributed by atoms with Crippen molar-refractivity contribution in [1.82, 2.24) is 0 Å². The molecule has 27 heavy (non-hydrogen) atoms. The van der Waals surface area contributed by atoms with Gasteiger partial charge < -0.3 is 14.8 Å². The Morgan fingerprint density at radius 1 is 0.815 bits per heavy atom. The molecule has 3 rings (SSSR count). The van der Waals surface area contributed by atoms with E-state index in [2.05, 4.69) is 5.32 Å². The van der Waals surface area contributed by atoms with Crippen molar-refractivity contribution in [3.63, 3.8) is 0 Å². The second-order valence-corrected chi connectivity index (χ2v) is 7.16. The first-order valence-electron chi connectivity index (χ1n) is 8.28. The number of rotatable bonds is 7. The Labute approximate surface area is 173 Å². The van der Waals surface area contributed by atoms with Crippen LogP contribution in [0.5, 0.6) is 11.5 Å². The summed E-state index contributed by atoms with van der Waals surface area (Å²) in [5, 5.41) is 5.16. The maximum absolute atomic E-state index is 6.19. The van der Waals surface area contributed by atoms with E-state index >= 15 is 0 Å². The molecule has 3 aromatic rings. The highest BCUT2D eigenvalue weighted by Gasteiger charge is 2.08. The monoisotopic (exact) mass is 421 g/mol. The van der Waals surface area contributed by atoms with E-state index in [9.17, 15) is 0 Å². The molecule has 0 saturated carbocycles. The second-order valence-electron chi connectivity index (χ2n) is 5.88. The van der Waals surface area contributed by atoms with Gasteiger partial charge in [0.25, 0.3) is 0 Å². The molecule has 0 spiro atoms. The first kappa shape index (κ1) is 19.7. The quantitative estimate of drug-likeness (QED) is 0.452. The van der Waals surface area contributed by atoms with Crippen LogP contribution in [0.15, 0.2) is 60.7 Å². The second kappa shape index (κ2) is 9.23. The zero-order chi connectivity index (χ0) is 19.2. The fourth-order valence-corrected chi connectivity index (χ4v) is 3.25. The number of anilines is 1. The molecule has 0 fully saturated rings. The fraction of sp³-hybridized carbons (Fsp3) is 0.143. The van der Waals surface area contributed by atoms with Gasteiger partial charge in [-0.3, -0.25) is 0 Å². The zero-order valence-electron chi connectivity index (χ0n) is 14.6. The maximum Gasteiger partial charge on any atom is 0.161 e.